The Kier molecular flexibility index (Phi) is 4.59. The number of nitrogens with zero attached hydrogens (tertiary/aromatic N) is 4. The van der Waals surface area contributed by atoms with Crippen molar-refractivity contribution in [1.82, 2.24) is 14.8 Å². The van der Waals surface area contributed by atoms with Gasteiger partial charge in [0.05, 0.1) is 23.3 Å². The van der Waals surface area contributed by atoms with Gasteiger partial charge in [0.25, 0.3) is 5.69 Å². The Labute approximate surface area is 128 Å². The minimum Gasteiger partial charge on any atom is -0.481 e. The molecule has 0 radical (unpaired) electrons. The predicted molar refractivity (Wildman–Crippen MR) is 82.1 cm³/mol. The van der Waals surface area contributed by atoms with Crippen molar-refractivity contribution < 1.29 is 9.66 Å². The van der Waals surface area contributed by atoms with Crippen molar-refractivity contribution in [2.75, 3.05) is 12.4 Å². The Balaban J connectivity index is 2.20. The first kappa shape index (κ1) is 15.7. The summed E-state index contributed by atoms with van der Waals surface area (Å²) in [6, 6.07) is 3.05. The van der Waals surface area contributed by atoms with Crippen LogP contribution in [0.15, 0.2) is 12.1 Å². The summed E-state index contributed by atoms with van der Waals surface area (Å²) in [5, 5.41) is 18.4. The molecule has 118 valence electrons. The van der Waals surface area contributed by atoms with Crippen LogP contribution in [0, 0.1) is 17.0 Å². The number of rotatable bonds is 6. The Morgan fingerprint density at radius 1 is 1.45 bits per heavy atom. The SMILES string of the molecule is CCc1nn(C)c(OC)c1CNc1ccc([N+](=O)[O-])c(C)n1. The van der Waals surface area contributed by atoms with E-state index in [1.54, 1.807) is 24.8 Å². The molecule has 0 bridgehead atoms. The molecule has 22 heavy (non-hydrogen) atoms. The molecule has 0 unspecified atom stereocenters. The lowest BCUT2D eigenvalue weighted by atomic mass is 10.2. The second-order valence-electron chi connectivity index (χ2n) is 4.82. The zero-order chi connectivity index (χ0) is 16.3. The van der Waals surface area contributed by atoms with Gasteiger partial charge < -0.3 is 10.1 Å². The average molecular weight is 305 g/mol. The van der Waals surface area contributed by atoms with Gasteiger partial charge in [0.2, 0.25) is 5.88 Å². The van der Waals surface area contributed by atoms with Gasteiger partial charge in [-0.15, -0.1) is 0 Å². The molecule has 0 spiro atoms. The molecule has 0 amide bonds. The summed E-state index contributed by atoms with van der Waals surface area (Å²) in [5.74, 6) is 1.28. The molecule has 1 N–H and O–H groups in total. The third-order valence-electron chi connectivity index (χ3n) is 3.40. The molecule has 0 saturated heterocycles. The molecular formula is C14H19N5O3. The number of hydrogen-bond acceptors (Lipinski definition) is 6. The van der Waals surface area contributed by atoms with Crippen LogP contribution in [0.25, 0.3) is 0 Å². The summed E-state index contributed by atoms with van der Waals surface area (Å²) in [7, 11) is 3.43. The topological polar surface area (TPSA) is 95.1 Å². The van der Waals surface area contributed by atoms with E-state index in [0.29, 0.717) is 23.9 Å². The molecule has 2 heterocycles. The van der Waals surface area contributed by atoms with E-state index in [-0.39, 0.29) is 5.69 Å². The molecule has 8 heteroatoms. The fourth-order valence-corrected chi connectivity index (χ4v) is 2.35. The van der Waals surface area contributed by atoms with E-state index in [1.165, 1.54) is 6.07 Å². The Morgan fingerprint density at radius 2 is 2.18 bits per heavy atom. The van der Waals surface area contributed by atoms with E-state index in [0.717, 1.165) is 17.7 Å². The first-order valence-corrected chi connectivity index (χ1v) is 6.92. The smallest absolute Gasteiger partial charge is 0.290 e. The molecule has 8 nitrogen and oxygen atoms in total. The van der Waals surface area contributed by atoms with Gasteiger partial charge in [0.1, 0.15) is 11.5 Å². The molecule has 2 aromatic heterocycles. The molecule has 0 aliphatic heterocycles. The van der Waals surface area contributed by atoms with Gasteiger partial charge in [-0.3, -0.25) is 10.1 Å². The highest BCUT2D eigenvalue weighted by atomic mass is 16.6. The van der Waals surface area contributed by atoms with E-state index in [4.69, 9.17) is 4.74 Å². The number of anilines is 1. The van der Waals surface area contributed by atoms with E-state index in [2.05, 4.69) is 15.4 Å². The van der Waals surface area contributed by atoms with Gasteiger partial charge in [0.15, 0.2) is 0 Å². The molecule has 0 fully saturated rings. The minimum atomic E-state index is -0.439. The first-order chi connectivity index (χ1) is 10.5. The van der Waals surface area contributed by atoms with Gasteiger partial charge in [-0.25, -0.2) is 9.67 Å². The van der Waals surface area contributed by atoms with Crippen LogP contribution in [0.4, 0.5) is 11.5 Å². The number of nitro groups is 1. The summed E-state index contributed by atoms with van der Waals surface area (Å²) < 4.78 is 7.07. The molecule has 0 aliphatic rings. The summed E-state index contributed by atoms with van der Waals surface area (Å²) in [6.07, 6.45) is 0.793. The molecule has 0 atom stereocenters. The third kappa shape index (κ3) is 3.00. The van der Waals surface area contributed by atoms with E-state index in [1.807, 2.05) is 14.0 Å². The lowest BCUT2D eigenvalue weighted by Crippen LogP contribution is -2.06. The highest BCUT2D eigenvalue weighted by molar-refractivity contribution is 5.46. The van der Waals surface area contributed by atoms with Crippen LogP contribution in [-0.4, -0.2) is 26.8 Å². The Bertz CT molecular complexity index is 696. The molecular weight excluding hydrogens is 286 g/mol. The molecule has 0 aromatic carbocycles. The van der Waals surface area contributed by atoms with Crippen molar-refractivity contribution in [2.24, 2.45) is 7.05 Å². The van der Waals surface area contributed by atoms with Gasteiger partial charge in [-0.2, -0.15) is 5.10 Å². The number of hydrogen-bond donors (Lipinski definition) is 1. The average Bonchev–Trinajstić information content (AvgIpc) is 2.79. The maximum atomic E-state index is 10.8. The van der Waals surface area contributed by atoms with Crippen LogP contribution >= 0.6 is 0 Å². The number of methoxy groups -OCH3 is 1. The van der Waals surface area contributed by atoms with E-state index < -0.39 is 4.92 Å². The largest absolute Gasteiger partial charge is 0.481 e. The van der Waals surface area contributed by atoms with Gasteiger partial charge in [-0.05, 0) is 19.4 Å². The fourth-order valence-electron chi connectivity index (χ4n) is 2.35. The van der Waals surface area contributed by atoms with Crippen LogP contribution in [-0.2, 0) is 20.0 Å². The van der Waals surface area contributed by atoms with E-state index >= 15 is 0 Å². The number of aromatic nitrogens is 3. The zero-order valence-corrected chi connectivity index (χ0v) is 13.1. The van der Waals surface area contributed by atoms with Crippen LogP contribution in [0.1, 0.15) is 23.9 Å². The summed E-state index contributed by atoms with van der Waals surface area (Å²) in [6.45, 7) is 4.13. The van der Waals surface area contributed by atoms with Crippen molar-refractivity contribution in [3.05, 3.63) is 39.2 Å². The fraction of sp³-hybridized carbons (Fsp3) is 0.429. The van der Waals surface area contributed by atoms with Gasteiger partial charge in [0, 0.05) is 19.7 Å². The number of pyridine rings is 1. The van der Waals surface area contributed by atoms with E-state index in [9.17, 15) is 10.1 Å². The van der Waals surface area contributed by atoms with Crippen LogP contribution in [0.3, 0.4) is 0 Å². The monoisotopic (exact) mass is 305 g/mol. The Hall–Kier alpha value is -2.64. The highest BCUT2D eigenvalue weighted by Crippen LogP contribution is 2.24. The predicted octanol–water partition coefficient (Wildman–Crippen LogP) is 2.21. The van der Waals surface area contributed by atoms with Crippen molar-refractivity contribution in [3.63, 3.8) is 0 Å². The van der Waals surface area contributed by atoms with Crippen molar-refractivity contribution in [2.45, 2.75) is 26.8 Å². The molecule has 2 aromatic rings. The summed E-state index contributed by atoms with van der Waals surface area (Å²) >= 11 is 0. The minimum absolute atomic E-state index is 0.0127. The van der Waals surface area contributed by atoms with Crippen molar-refractivity contribution in [1.29, 1.82) is 0 Å². The van der Waals surface area contributed by atoms with Crippen LogP contribution in [0.2, 0.25) is 0 Å². The summed E-state index contributed by atoms with van der Waals surface area (Å²) in [5.41, 5.74) is 2.30. The van der Waals surface area contributed by atoms with Crippen LogP contribution < -0.4 is 10.1 Å². The maximum Gasteiger partial charge on any atom is 0.290 e. The number of nitrogens with one attached hydrogen (secondary N) is 1. The normalized spacial score (nSPS) is 10.5. The summed E-state index contributed by atoms with van der Waals surface area (Å²) in [4.78, 5) is 14.6. The maximum absolute atomic E-state index is 10.8. The number of ether oxygens (including phenoxy) is 1. The molecule has 0 saturated carbocycles. The quantitative estimate of drug-likeness (QED) is 0.649. The highest BCUT2D eigenvalue weighted by Gasteiger charge is 2.16. The van der Waals surface area contributed by atoms with Crippen molar-refractivity contribution in [3.8, 4) is 5.88 Å². The zero-order valence-electron chi connectivity index (χ0n) is 13.1. The lowest BCUT2D eigenvalue weighted by molar-refractivity contribution is -0.385. The van der Waals surface area contributed by atoms with Crippen LogP contribution in [0.5, 0.6) is 5.88 Å². The first-order valence-electron chi connectivity index (χ1n) is 6.92. The van der Waals surface area contributed by atoms with Gasteiger partial charge >= 0.3 is 0 Å². The second kappa shape index (κ2) is 6.42. The lowest BCUT2D eigenvalue weighted by Gasteiger charge is -2.08. The van der Waals surface area contributed by atoms with Gasteiger partial charge in [-0.1, -0.05) is 6.92 Å². The van der Waals surface area contributed by atoms with Crippen molar-refractivity contribution >= 4 is 11.5 Å². The molecule has 2 rings (SSSR count). The number of aryl methyl sites for hydroxylation is 3. The Morgan fingerprint density at radius 3 is 2.73 bits per heavy atom. The standard InChI is InChI=1S/C14H19N5O3/c1-5-11-10(14(22-4)18(3)17-11)8-15-13-7-6-12(19(20)21)9(2)16-13/h6-7H,5,8H2,1-4H3,(H,15,16). The third-order valence-corrected chi connectivity index (χ3v) is 3.40. The molecule has 0 aliphatic carbocycles. The second-order valence-corrected chi connectivity index (χ2v) is 4.82.